The van der Waals surface area contributed by atoms with Gasteiger partial charge < -0.3 is 10.4 Å². The molecule has 122 valence electrons. The van der Waals surface area contributed by atoms with Crippen LogP contribution in [0.4, 0.5) is 11.6 Å². The molecule has 0 aliphatic rings. The minimum atomic E-state index is 0.163. The number of hydrogen-bond donors (Lipinski definition) is 2. The van der Waals surface area contributed by atoms with Gasteiger partial charge in [-0.05, 0) is 25.1 Å². The Hall–Kier alpha value is -3.40. The monoisotopic (exact) mass is 327 g/mol. The number of hydrogen-bond acceptors (Lipinski definition) is 4. The normalized spacial score (nSPS) is 10.8. The molecule has 0 aliphatic carbocycles. The topological polar surface area (TPSA) is 58.0 Å². The maximum atomic E-state index is 9.98. The van der Waals surface area contributed by atoms with Gasteiger partial charge >= 0.3 is 0 Å². The van der Waals surface area contributed by atoms with E-state index in [1.165, 1.54) is 5.56 Å². The van der Waals surface area contributed by atoms with Crippen molar-refractivity contribution in [2.24, 2.45) is 0 Å². The third-order valence-electron chi connectivity index (χ3n) is 4.08. The summed E-state index contributed by atoms with van der Waals surface area (Å²) >= 11 is 0. The smallest absolute Gasteiger partial charge is 0.228 e. The molecule has 0 amide bonds. The lowest BCUT2D eigenvalue weighted by Gasteiger charge is -2.11. The molecule has 4 aromatic rings. The fourth-order valence-corrected chi connectivity index (χ4v) is 2.76. The van der Waals surface area contributed by atoms with E-state index < -0.39 is 0 Å². The quantitative estimate of drug-likeness (QED) is 0.517. The Morgan fingerprint density at radius 3 is 2.32 bits per heavy atom. The van der Waals surface area contributed by atoms with E-state index in [1.54, 1.807) is 18.2 Å². The minimum absolute atomic E-state index is 0.163. The van der Waals surface area contributed by atoms with E-state index in [0.29, 0.717) is 11.6 Å². The van der Waals surface area contributed by atoms with Crippen LogP contribution in [0.1, 0.15) is 5.56 Å². The summed E-state index contributed by atoms with van der Waals surface area (Å²) in [5, 5.41) is 14.1. The van der Waals surface area contributed by atoms with Gasteiger partial charge in [-0.15, -0.1) is 0 Å². The Kier molecular flexibility index (Phi) is 3.78. The van der Waals surface area contributed by atoms with E-state index in [-0.39, 0.29) is 5.75 Å². The number of aryl methyl sites for hydroxylation is 1. The SMILES string of the molecule is Cc1ccc(-c2nc(Nc3ccccc3O)nc3ccccc23)cc1. The van der Waals surface area contributed by atoms with Crippen LogP contribution in [-0.4, -0.2) is 15.1 Å². The largest absolute Gasteiger partial charge is 0.506 e. The van der Waals surface area contributed by atoms with E-state index in [2.05, 4.69) is 41.5 Å². The van der Waals surface area contributed by atoms with Gasteiger partial charge in [0, 0.05) is 10.9 Å². The van der Waals surface area contributed by atoms with Gasteiger partial charge in [0.05, 0.1) is 16.9 Å². The number of fused-ring (bicyclic) bond motifs is 1. The molecule has 4 rings (SSSR count). The molecule has 0 saturated carbocycles. The summed E-state index contributed by atoms with van der Waals surface area (Å²) in [6, 6.07) is 23.2. The number of para-hydroxylation sites is 3. The van der Waals surface area contributed by atoms with Crippen molar-refractivity contribution in [1.29, 1.82) is 0 Å². The van der Waals surface area contributed by atoms with E-state index in [9.17, 15) is 5.11 Å². The molecule has 3 aromatic carbocycles. The third kappa shape index (κ3) is 3.02. The highest BCUT2D eigenvalue weighted by Gasteiger charge is 2.11. The molecular formula is C21H17N3O. The van der Waals surface area contributed by atoms with Crippen molar-refractivity contribution in [2.75, 3.05) is 5.32 Å². The summed E-state index contributed by atoms with van der Waals surface area (Å²) in [5.74, 6) is 0.618. The Morgan fingerprint density at radius 2 is 1.52 bits per heavy atom. The highest BCUT2D eigenvalue weighted by atomic mass is 16.3. The molecule has 1 aromatic heterocycles. The van der Waals surface area contributed by atoms with Gasteiger partial charge in [0.1, 0.15) is 5.75 Å². The van der Waals surface area contributed by atoms with Crippen LogP contribution < -0.4 is 5.32 Å². The first-order valence-corrected chi connectivity index (χ1v) is 8.09. The van der Waals surface area contributed by atoms with Crippen LogP contribution in [0.15, 0.2) is 72.8 Å². The van der Waals surface area contributed by atoms with Crippen molar-refractivity contribution in [3.8, 4) is 17.0 Å². The Balaban J connectivity index is 1.86. The van der Waals surface area contributed by atoms with Crippen molar-refractivity contribution < 1.29 is 5.11 Å². The molecular weight excluding hydrogens is 310 g/mol. The molecule has 0 fully saturated rings. The maximum Gasteiger partial charge on any atom is 0.228 e. The summed E-state index contributed by atoms with van der Waals surface area (Å²) in [4.78, 5) is 9.29. The zero-order valence-electron chi connectivity index (χ0n) is 13.8. The number of phenols is 1. The summed E-state index contributed by atoms with van der Waals surface area (Å²) in [6.45, 7) is 2.06. The average molecular weight is 327 g/mol. The Labute approximate surface area is 145 Å². The fourth-order valence-electron chi connectivity index (χ4n) is 2.76. The summed E-state index contributed by atoms with van der Waals surface area (Å²) in [5.41, 5.74) is 4.53. The van der Waals surface area contributed by atoms with Crippen LogP contribution >= 0.6 is 0 Å². The number of aromatic nitrogens is 2. The number of rotatable bonds is 3. The number of benzene rings is 3. The standard InChI is InChI=1S/C21H17N3O/c1-14-10-12-15(13-11-14)20-16-6-2-3-7-17(16)22-21(24-20)23-18-8-4-5-9-19(18)25/h2-13,25H,1H3,(H,22,23,24). The van der Waals surface area contributed by atoms with Crippen LogP contribution in [0.3, 0.4) is 0 Å². The van der Waals surface area contributed by atoms with E-state index >= 15 is 0 Å². The lowest BCUT2D eigenvalue weighted by molar-refractivity contribution is 0.477. The first-order chi connectivity index (χ1) is 12.2. The summed E-state index contributed by atoms with van der Waals surface area (Å²) < 4.78 is 0. The molecule has 0 radical (unpaired) electrons. The van der Waals surface area contributed by atoms with Gasteiger partial charge in [-0.25, -0.2) is 9.97 Å². The van der Waals surface area contributed by atoms with Crippen LogP contribution in [0.25, 0.3) is 22.2 Å². The van der Waals surface area contributed by atoms with Crippen LogP contribution in [0, 0.1) is 6.92 Å². The van der Waals surface area contributed by atoms with Gasteiger partial charge in [-0.2, -0.15) is 0 Å². The van der Waals surface area contributed by atoms with Gasteiger partial charge in [-0.3, -0.25) is 0 Å². The third-order valence-corrected chi connectivity index (χ3v) is 4.08. The molecule has 0 aliphatic heterocycles. The van der Waals surface area contributed by atoms with E-state index in [4.69, 9.17) is 4.98 Å². The van der Waals surface area contributed by atoms with Gasteiger partial charge in [0.2, 0.25) is 5.95 Å². The molecule has 0 saturated heterocycles. The first kappa shape index (κ1) is 15.1. The predicted molar refractivity (Wildman–Crippen MR) is 101 cm³/mol. The van der Waals surface area contributed by atoms with E-state index in [0.717, 1.165) is 22.2 Å². The maximum absolute atomic E-state index is 9.98. The molecule has 1 heterocycles. The van der Waals surface area contributed by atoms with Crippen LogP contribution in [-0.2, 0) is 0 Å². The highest BCUT2D eigenvalue weighted by Crippen LogP contribution is 2.30. The zero-order chi connectivity index (χ0) is 17.2. The number of nitrogens with zero attached hydrogens (tertiary/aromatic N) is 2. The minimum Gasteiger partial charge on any atom is -0.506 e. The molecule has 0 spiro atoms. The molecule has 4 nitrogen and oxygen atoms in total. The number of anilines is 2. The Morgan fingerprint density at radius 1 is 0.800 bits per heavy atom. The molecule has 4 heteroatoms. The lowest BCUT2D eigenvalue weighted by atomic mass is 10.1. The average Bonchev–Trinajstić information content (AvgIpc) is 2.64. The first-order valence-electron chi connectivity index (χ1n) is 8.09. The van der Waals surface area contributed by atoms with Crippen molar-refractivity contribution in [3.05, 3.63) is 78.4 Å². The highest BCUT2D eigenvalue weighted by molar-refractivity contribution is 5.93. The zero-order valence-corrected chi connectivity index (χ0v) is 13.8. The van der Waals surface area contributed by atoms with Crippen LogP contribution in [0.2, 0.25) is 0 Å². The van der Waals surface area contributed by atoms with Gasteiger partial charge in [-0.1, -0.05) is 60.2 Å². The molecule has 0 atom stereocenters. The van der Waals surface area contributed by atoms with Gasteiger partial charge in [0.25, 0.3) is 0 Å². The van der Waals surface area contributed by atoms with Crippen molar-refractivity contribution in [3.63, 3.8) is 0 Å². The second-order valence-electron chi connectivity index (χ2n) is 5.92. The molecule has 25 heavy (non-hydrogen) atoms. The molecule has 0 unspecified atom stereocenters. The Bertz CT molecular complexity index is 1040. The molecule has 0 bridgehead atoms. The second kappa shape index (κ2) is 6.24. The second-order valence-corrected chi connectivity index (χ2v) is 5.92. The van der Waals surface area contributed by atoms with Crippen LogP contribution in [0.5, 0.6) is 5.75 Å². The lowest BCUT2D eigenvalue weighted by Crippen LogP contribution is -2.00. The number of phenolic OH excluding ortho intramolecular Hbond substituents is 1. The van der Waals surface area contributed by atoms with Crippen molar-refractivity contribution >= 4 is 22.5 Å². The van der Waals surface area contributed by atoms with Crippen molar-refractivity contribution in [1.82, 2.24) is 9.97 Å². The fraction of sp³-hybridized carbons (Fsp3) is 0.0476. The van der Waals surface area contributed by atoms with E-state index in [1.807, 2.05) is 30.3 Å². The number of aromatic hydroxyl groups is 1. The van der Waals surface area contributed by atoms with Crippen molar-refractivity contribution in [2.45, 2.75) is 6.92 Å². The molecule has 2 N–H and O–H groups in total. The summed E-state index contributed by atoms with van der Waals surface area (Å²) in [6.07, 6.45) is 0. The number of nitrogens with one attached hydrogen (secondary N) is 1. The summed E-state index contributed by atoms with van der Waals surface area (Å²) in [7, 11) is 0. The van der Waals surface area contributed by atoms with Gasteiger partial charge in [0.15, 0.2) is 0 Å². The predicted octanol–water partition coefficient (Wildman–Crippen LogP) is 5.05.